The number of hydrogen-bond donors (Lipinski definition) is 1. The Morgan fingerprint density at radius 3 is 2.80 bits per heavy atom. The highest BCUT2D eigenvalue weighted by Crippen LogP contribution is 2.37. The van der Waals surface area contributed by atoms with Crippen molar-refractivity contribution < 1.29 is 9.84 Å². The first-order valence-corrected chi connectivity index (χ1v) is 7.80. The van der Waals surface area contributed by atoms with Crippen LogP contribution in [0.3, 0.4) is 0 Å². The zero-order chi connectivity index (χ0) is 14.5. The van der Waals surface area contributed by atoms with E-state index in [0.717, 1.165) is 30.0 Å². The molecule has 2 unspecified atom stereocenters. The van der Waals surface area contributed by atoms with E-state index in [2.05, 4.69) is 17.9 Å². The topological polar surface area (TPSA) is 32.7 Å². The molecular weight excluding hydrogens is 250 g/mol. The van der Waals surface area contributed by atoms with Gasteiger partial charge in [-0.3, -0.25) is 0 Å². The number of nitrogens with zero attached hydrogens (tertiary/aromatic N) is 1. The molecule has 112 valence electrons. The Kier molecular flexibility index (Phi) is 5.30. The lowest BCUT2D eigenvalue weighted by atomic mass is 10.0. The van der Waals surface area contributed by atoms with Crippen LogP contribution in [0.15, 0.2) is 18.2 Å². The molecule has 1 aromatic carbocycles. The molecule has 3 nitrogen and oxygen atoms in total. The third-order valence-electron chi connectivity index (χ3n) is 4.34. The average Bonchev–Trinajstić information content (AvgIpc) is 2.71. The number of benzene rings is 1. The van der Waals surface area contributed by atoms with Gasteiger partial charge in [0.2, 0.25) is 0 Å². The van der Waals surface area contributed by atoms with E-state index in [1.165, 1.54) is 25.7 Å². The van der Waals surface area contributed by atoms with Crippen molar-refractivity contribution in [2.75, 3.05) is 18.6 Å². The maximum atomic E-state index is 10.2. The second kappa shape index (κ2) is 6.98. The maximum absolute atomic E-state index is 10.2. The van der Waals surface area contributed by atoms with E-state index in [4.69, 9.17) is 4.74 Å². The molecule has 1 N–H and O–H groups in total. The van der Waals surface area contributed by atoms with Gasteiger partial charge in [-0.2, -0.15) is 0 Å². The fourth-order valence-electron chi connectivity index (χ4n) is 3.30. The van der Waals surface area contributed by atoms with E-state index in [1.54, 1.807) is 7.11 Å². The Bertz CT molecular complexity index is 431. The van der Waals surface area contributed by atoms with E-state index in [-0.39, 0.29) is 0 Å². The predicted molar refractivity (Wildman–Crippen MR) is 83.5 cm³/mol. The fourth-order valence-corrected chi connectivity index (χ4v) is 3.30. The van der Waals surface area contributed by atoms with Crippen molar-refractivity contribution in [1.29, 1.82) is 0 Å². The second-order valence-corrected chi connectivity index (χ2v) is 5.67. The largest absolute Gasteiger partial charge is 0.496 e. The summed E-state index contributed by atoms with van der Waals surface area (Å²) in [5, 5.41) is 10.2. The highest BCUT2D eigenvalue weighted by atomic mass is 16.5. The normalized spacial score (nSPS) is 21.4. The van der Waals surface area contributed by atoms with E-state index >= 15 is 0 Å². The predicted octanol–water partition coefficient (Wildman–Crippen LogP) is 3.91. The molecule has 0 saturated carbocycles. The molecule has 1 aliphatic heterocycles. The third kappa shape index (κ3) is 3.09. The van der Waals surface area contributed by atoms with E-state index in [9.17, 15) is 5.11 Å². The monoisotopic (exact) mass is 277 g/mol. The minimum atomic E-state index is -0.512. The lowest BCUT2D eigenvalue weighted by Crippen LogP contribution is -2.35. The SMILES string of the molecule is CCC1CCCCCN1c1cccc(OC)c1C(C)O. The van der Waals surface area contributed by atoms with E-state index in [1.807, 2.05) is 19.1 Å². The molecule has 0 aromatic heterocycles. The summed E-state index contributed by atoms with van der Waals surface area (Å²) in [4.78, 5) is 2.48. The zero-order valence-electron chi connectivity index (χ0n) is 12.9. The van der Waals surface area contributed by atoms with E-state index < -0.39 is 6.10 Å². The fraction of sp³-hybridized carbons (Fsp3) is 0.647. The van der Waals surface area contributed by atoms with Crippen molar-refractivity contribution >= 4 is 5.69 Å². The summed E-state index contributed by atoms with van der Waals surface area (Å²) < 4.78 is 5.45. The standard InChI is InChI=1S/C17H27NO2/c1-4-14-9-6-5-7-12-18(14)15-10-8-11-16(20-3)17(15)13(2)19/h8,10-11,13-14,19H,4-7,9,12H2,1-3H3. The first kappa shape index (κ1) is 15.2. The van der Waals surface area contributed by atoms with Crippen LogP contribution in [0.4, 0.5) is 5.69 Å². The van der Waals surface area contributed by atoms with Gasteiger partial charge in [-0.05, 0) is 38.3 Å². The number of aliphatic hydroxyl groups is 1. The Morgan fingerprint density at radius 1 is 1.35 bits per heavy atom. The van der Waals surface area contributed by atoms with Crippen molar-refractivity contribution in [2.24, 2.45) is 0 Å². The van der Waals surface area contributed by atoms with E-state index in [0.29, 0.717) is 6.04 Å². The van der Waals surface area contributed by atoms with Crippen LogP contribution in [-0.2, 0) is 0 Å². The highest BCUT2D eigenvalue weighted by Gasteiger charge is 2.24. The molecule has 0 bridgehead atoms. The molecule has 0 radical (unpaired) electrons. The first-order chi connectivity index (χ1) is 9.69. The Labute approximate surface area is 122 Å². The van der Waals surface area contributed by atoms with Crippen LogP contribution in [0.2, 0.25) is 0 Å². The highest BCUT2D eigenvalue weighted by molar-refractivity contribution is 5.61. The minimum absolute atomic E-state index is 0.512. The van der Waals surface area contributed by atoms with Gasteiger partial charge in [0.05, 0.1) is 13.2 Å². The molecular formula is C17H27NO2. The summed E-state index contributed by atoms with van der Waals surface area (Å²) in [7, 11) is 1.67. The summed E-state index contributed by atoms with van der Waals surface area (Å²) in [6.45, 7) is 5.15. The average molecular weight is 277 g/mol. The second-order valence-electron chi connectivity index (χ2n) is 5.67. The van der Waals surface area contributed by atoms with Crippen molar-refractivity contribution in [3.8, 4) is 5.75 Å². The molecule has 2 atom stereocenters. The Morgan fingerprint density at radius 2 is 2.15 bits per heavy atom. The summed E-state index contributed by atoms with van der Waals surface area (Å²) in [5.74, 6) is 0.789. The zero-order valence-corrected chi connectivity index (χ0v) is 12.9. The Hall–Kier alpha value is -1.22. The van der Waals surface area contributed by atoms with Crippen molar-refractivity contribution in [3.63, 3.8) is 0 Å². The first-order valence-electron chi connectivity index (χ1n) is 7.80. The molecule has 3 heteroatoms. The van der Waals surface area contributed by atoms with Gasteiger partial charge in [0.25, 0.3) is 0 Å². The lowest BCUT2D eigenvalue weighted by Gasteiger charge is -2.34. The number of ether oxygens (including phenoxy) is 1. The smallest absolute Gasteiger partial charge is 0.126 e. The lowest BCUT2D eigenvalue weighted by molar-refractivity contribution is 0.194. The quantitative estimate of drug-likeness (QED) is 0.905. The van der Waals surface area contributed by atoms with Gasteiger partial charge >= 0.3 is 0 Å². The number of methoxy groups -OCH3 is 1. The van der Waals surface area contributed by atoms with Crippen LogP contribution < -0.4 is 9.64 Å². The van der Waals surface area contributed by atoms with Gasteiger partial charge in [0, 0.05) is 23.8 Å². The molecule has 1 saturated heterocycles. The molecule has 0 amide bonds. The van der Waals surface area contributed by atoms with Crippen molar-refractivity contribution in [3.05, 3.63) is 23.8 Å². The van der Waals surface area contributed by atoms with Gasteiger partial charge < -0.3 is 14.7 Å². The van der Waals surface area contributed by atoms with Crippen LogP contribution in [0.25, 0.3) is 0 Å². The van der Waals surface area contributed by atoms with Crippen LogP contribution in [0.5, 0.6) is 5.75 Å². The molecule has 2 rings (SSSR count). The maximum Gasteiger partial charge on any atom is 0.126 e. The Balaban J connectivity index is 2.43. The molecule has 1 fully saturated rings. The van der Waals surface area contributed by atoms with Gasteiger partial charge in [0.1, 0.15) is 5.75 Å². The molecule has 1 aliphatic rings. The van der Waals surface area contributed by atoms with Gasteiger partial charge in [-0.15, -0.1) is 0 Å². The number of rotatable bonds is 4. The molecule has 1 heterocycles. The number of aliphatic hydroxyl groups excluding tert-OH is 1. The number of anilines is 1. The molecule has 0 spiro atoms. The summed E-state index contributed by atoms with van der Waals surface area (Å²) >= 11 is 0. The van der Waals surface area contributed by atoms with Crippen molar-refractivity contribution in [1.82, 2.24) is 0 Å². The molecule has 1 aromatic rings. The van der Waals surface area contributed by atoms with Crippen LogP contribution in [0, 0.1) is 0 Å². The molecule has 0 aliphatic carbocycles. The van der Waals surface area contributed by atoms with Crippen LogP contribution >= 0.6 is 0 Å². The summed E-state index contributed by atoms with van der Waals surface area (Å²) in [6, 6.07) is 6.66. The summed E-state index contributed by atoms with van der Waals surface area (Å²) in [6.07, 6.45) is 5.72. The van der Waals surface area contributed by atoms with Gasteiger partial charge in [-0.25, -0.2) is 0 Å². The van der Waals surface area contributed by atoms with Crippen LogP contribution in [0.1, 0.15) is 57.6 Å². The van der Waals surface area contributed by atoms with Crippen molar-refractivity contribution in [2.45, 2.75) is 58.1 Å². The number of hydrogen-bond acceptors (Lipinski definition) is 3. The van der Waals surface area contributed by atoms with Gasteiger partial charge in [-0.1, -0.05) is 25.8 Å². The van der Waals surface area contributed by atoms with Crippen LogP contribution in [-0.4, -0.2) is 24.8 Å². The molecule has 20 heavy (non-hydrogen) atoms. The van der Waals surface area contributed by atoms with Gasteiger partial charge in [0.15, 0.2) is 0 Å². The summed E-state index contributed by atoms with van der Waals surface area (Å²) in [5.41, 5.74) is 2.07. The minimum Gasteiger partial charge on any atom is -0.496 e. The third-order valence-corrected chi connectivity index (χ3v) is 4.34.